The van der Waals surface area contributed by atoms with Crippen molar-refractivity contribution in [2.45, 2.75) is 20.0 Å². The van der Waals surface area contributed by atoms with Gasteiger partial charge in [0, 0.05) is 24.8 Å². The number of hydrogen-bond donors (Lipinski definition) is 1. The summed E-state index contributed by atoms with van der Waals surface area (Å²) < 4.78 is 3.34. The molecule has 29 heavy (non-hydrogen) atoms. The molecule has 0 aliphatic carbocycles. The average Bonchev–Trinajstić information content (AvgIpc) is 3.01. The van der Waals surface area contributed by atoms with Gasteiger partial charge in [-0.1, -0.05) is 48.0 Å². The molecular weight excluding hydrogens is 364 g/mol. The number of carbonyl (C=O) groups is 1. The van der Waals surface area contributed by atoms with Gasteiger partial charge < -0.3 is 5.32 Å². The summed E-state index contributed by atoms with van der Waals surface area (Å²) >= 11 is 0. The molecule has 4 rings (SSSR count). The number of pyridine rings is 1. The Hall–Kier alpha value is -3.67. The summed E-state index contributed by atoms with van der Waals surface area (Å²) in [7, 11) is 0. The van der Waals surface area contributed by atoms with Crippen LogP contribution in [0.5, 0.6) is 0 Å². The monoisotopic (exact) mass is 386 g/mol. The van der Waals surface area contributed by atoms with Crippen molar-refractivity contribution in [2.75, 3.05) is 6.54 Å². The van der Waals surface area contributed by atoms with Gasteiger partial charge in [0.1, 0.15) is 0 Å². The van der Waals surface area contributed by atoms with Crippen molar-refractivity contribution in [3.05, 3.63) is 100 Å². The Kier molecular flexibility index (Phi) is 5.24. The number of benzene rings is 2. The molecule has 4 aromatic rings. The van der Waals surface area contributed by atoms with Gasteiger partial charge >= 0.3 is 5.69 Å². The normalized spacial score (nSPS) is 10.9. The van der Waals surface area contributed by atoms with Crippen LogP contribution < -0.4 is 11.0 Å². The van der Waals surface area contributed by atoms with Crippen molar-refractivity contribution in [1.29, 1.82) is 0 Å². The van der Waals surface area contributed by atoms with E-state index in [1.807, 2.05) is 61.5 Å². The van der Waals surface area contributed by atoms with Crippen LogP contribution in [0.3, 0.4) is 0 Å². The van der Waals surface area contributed by atoms with E-state index >= 15 is 0 Å². The van der Waals surface area contributed by atoms with Crippen molar-refractivity contribution in [3.8, 4) is 0 Å². The number of fused-ring (bicyclic) bond motifs is 1. The average molecular weight is 386 g/mol. The van der Waals surface area contributed by atoms with Gasteiger partial charge in [0.15, 0.2) is 5.65 Å². The maximum absolute atomic E-state index is 13.0. The lowest BCUT2D eigenvalue weighted by atomic mass is 10.1. The minimum absolute atomic E-state index is 0.132. The van der Waals surface area contributed by atoms with Crippen molar-refractivity contribution >= 4 is 17.1 Å². The van der Waals surface area contributed by atoms with Gasteiger partial charge in [0.05, 0.1) is 12.1 Å². The lowest BCUT2D eigenvalue weighted by Gasteiger charge is -2.06. The summed E-state index contributed by atoms with van der Waals surface area (Å²) in [5.41, 5.74) is 4.03. The predicted octanol–water partition coefficient (Wildman–Crippen LogP) is 2.98. The first-order valence-electron chi connectivity index (χ1n) is 9.56. The van der Waals surface area contributed by atoms with Crippen molar-refractivity contribution in [2.24, 2.45) is 0 Å². The van der Waals surface area contributed by atoms with Gasteiger partial charge in [-0.15, -0.1) is 0 Å². The van der Waals surface area contributed by atoms with E-state index in [9.17, 15) is 9.59 Å². The summed E-state index contributed by atoms with van der Waals surface area (Å²) in [4.78, 5) is 29.8. The zero-order valence-electron chi connectivity index (χ0n) is 16.2. The molecule has 2 heterocycles. The van der Waals surface area contributed by atoms with E-state index in [1.165, 1.54) is 0 Å². The molecule has 0 spiro atoms. The van der Waals surface area contributed by atoms with Crippen LogP contribution >= 0.6 is 0 Å². The molecule has 0 saturated carbocycles. The highest BCUT2D eigenvalue weighted by molar-refractivity contribution is 5.94. The minimum Gasteiger partial charge on any atom is -0.350 e. The predicted molar refractivity (Wildman–Crippen MR) is 113 cm³/mol. The second kappa shape index (κ2) is 8.14. The van der Waals surface area contributed by atoms with Crippen LogP contribution in [-0.2, 0) is 13.1 Å². The van der Waals surface area contributed by atoms with Gasteiger partial charge in [-0.25, -0.2) is 9.78 Å². The van der Waals surface area contributed by atoms with Gasteiger partial charge in [0.2, 0.25) is 0 Å². The molecule has 1 amide bonds. The van der Waals surface area contributed by atoms with Gasteiger partial charge in [-0.3, -0.25) is 13.9 Å². The van der Waals surface area contributed by atoms with Crippen molar-refractivity contribution in [3.63, 3.8) is 0 Å². The molecule has 0 aliphatic heterocycles. The third-order valence-corrected chi connectivity index (χ3v) is 4.89. The fourth-order valence-corrected chi connectivity index (χ4v) is 3.36. The molecular formula is C23H22N4O2. The number of aryl methyl sites for hydroxylation is 1. The lowest BCUT2D eigenvalue weighted by molar-refractivity contribution is 0.0952. The van der Waals surface area contributed by atoms with E-state index in [0.29, 0.717) is 30.8 Å². The first-order valence-corrected chi connectivity index (χ1v) is 9.56. The van der Waals surface area contributed by atoms with Crippen molar-refractivity contribution < 1.29 is 4.79 Å². The quantitative estimate of drug-likeness (QED) is 0.554. The highest BCUT2D eigenvalue weighted by Gasteiger charge is 2.14. The summed E-state index contributed by atoms with van der Waals surface area (Å²) in [6, 6.07) is 21.0. The molecule has 0 atom stereocenters. The standard InChI is InChI=1S/C23H22N4O2/c1-17-9-11-19(12-10-17)22(28)25-14-15-26-21-20(8-5-13-24-21)27(23(26)29)16-18-6-3-2-4-7-18/h2-13H,14-16H2,1H3,(H,25,28). The van der Waals surface area contributed by atoms with E-state index in [1.54, 1.807) is 27.5 Å². The Morgan fingerprint density at radius 1 is 0.966 bits per heavy atom. The number of hydrogen-bond acceptors (Lipinski definition) is 3. The third kappa shape index (κ3) is 3.96. The summed E-state index contributed by atoms with van der Waals surface area (Å²) in [6.45, 7) is 3.15. The SMILES string of the molecule is Cc1ccc(C(=O)NCCn2c(=O)n(Cc3ccccc3)c3cccnc32)cc1. The Morgan fingerprint density at radius 2 is 1.72 bits per heavy atom. The van der Waals surface area contributed by atoms with Gasteiger partial charge in [-0.2, -0.15) is 0 Å². The summed E-state index contributed by atoms with van der Waals surface area (Å²) in [5.74, 6) is -0.154. The molecule has 0 aliphatic rings. The lowest BCUT2D eigenvalue weighted by Crippen LogP contribution is -2.32. The maximum atomic E-state index is 13.0. The maximum Gasteiger partial charge on any atom is 0.330 e. The second-order valence-electron chi connectivity index (χ2n) is 6.97. The highest BCUT2D eigenvalue weighted by atomic mass is 16.2. The number of nitrogens with one attached hydrogen (secondary N) is 1. The summed E-state index contributed by atoms with van der Waals surface area (Å²) in [6.07, 6.45) is 1.68. The largest absolute Gasteiger partial charge is 0.350 e. The van der Waals surface area contributed by atoms with Crippen LogP contribution in [0, 0.1) is 6.92 Å². The first kappa shape index (κ1) is 18.7. The van der Waals surface area contributed by atoms with Crippen LogP contribution in [0.1, 0.15) is 21.5 Å². The smallest absolute Gasteiger partial charge is 0.330 e. The second-order valence-corrected chi connectivity index (χ2v) is 6.97. The molecule has 6 heteroatoms. The molecule has 146 valence electrons. The zero-order valence-corrected chi connectivity index (χ0v) is 16.2. The first-order chi connectivity index (χ1) is 14.1. The van der Waals surface area contributed by atoms with Crippen LogP contribution in [0.2, 0.25) is 0 Å². The zero-order chi connectivity index (χ0) is 20.2. The van der Waals surface area contributed by atoms with E-state index < -0.39 is 0 Å². The van der Waals surface area contributed by atoms with Crippen LogP contribution in [0.4, 0.5) is 0 Å². The van der Waals surface area contributed by atoms with E-state index in [4.69, 9.17) is 0 Å². The van der Waals surface area contributed by atoms with Gasteiger partial charge in [0.25, 0.3) is 5.91 Å². The van der Waals surface area contributed by atoms with Crippen LogP contribution in [0.25, 0.3) is 11.2 Å². The fraction of sp³-hybridized carbons (Fsp3) is 0.174. The number of nitrogens with zero attached hydrogens (tertiary/aromatic N) is 3. The topological polar surface area (TPSA) is 68.9 Å². The molecule has 6 nitrogen and oxygen atoms in total. The van der Waals surface area contributed by atoms with Crippen LogP contribution in [-0.4, -0.2) is 26.6 Å². The molecule has 2 aromatic carbocycles. The van der Waals surface area contributed by atoms with Gasteiger partial charge in [-0.05, 0) is 36.8 Å². The number of imidazole rings is 1. The van der Waals surface area contributed by atoms with Crippen LogP contribution in [0.15, 0.2) is 77.7 Å². The molecule has 2 aromatic heterocycles. The Labute approximate surface area is 168 Å². The molecule has 0 fully saturated rings. The number of rotatable bonds is 6. The molecule has 1 N–H and O–H groups in total. The van der Waals surface area contributed by atoms with E-state index in [-0.39, 0.29) is 11.6 Å². The molecule has 0 unspecified atom stereocenters. The molecule has 0 bridgehead atoms. The highest BCUT2D eigenvalue weighted by Crippen LogP contribution is 2.12. The van der Waals surface area contributed by atoms with Crippen molar-refractivity contribution in [1.82, 2.24) is 19.4 Å². The Balaban J connectivity index is 1.54. The molecule has 0 saturated heterocycles. The number of amides is 1. The third-order valence-electron chi connectivity index (χ3n) is 4.89. The summed E-state index contributed by atoms with van der Waals surface area (Å²) in [5, 5.41) is 2.88. The fourth-order valence-electron chi connectivity index (χ4n) is 3.36. The Bertz CT molecular complexity index is 1190. The molecule has 0 radical (unpaired) electrons. The number of aromatic nitrogens is 3. The minimum atomic E-state index is -0.154. The Morgan fingerprint density at radius 3 is 2.48 bits per heavy atom. The number of carbonyl (C=O) groups excluding carboxylic acids is 1. The van der Waals surface area contributed by atoms with E-state index in [2.05, 4.69) is 10.3 Å². The van der Waals surface area contributed by atoms with E-state index in [0.717, 1.165) is 16.6 Å².